The van der Waals surface area contributed by atoms with Gasteiger partial charge < -0.3 is 16.0 Å². The molecule has 11 nitrogen and oxygen atoms in total. The summed E-state index contributed by atoms with van der Waals surface area (Å²) in [6, 6.07) is 12.8. The van der Waals surface area contributed by atoms with Crippen LogP contribution in [0, 0.1) is 0 Å². The molecule has 0 aliphatic carbocycles. The predicted octanol–water partition coefficient (Wildman–Crippen LogP) is 2.69. The Morgan fingerprint density at radius 2 is 2.09 bits per heavy atom. The first-order chi connectivity index (χ1) is 17.0. The second kappa shape index (κ2) is 8.47. The smallest absolute Gasteiger partial charge is 0.266 e. The number of nitrogens with one attached hydrogen (secondary N) is 2. The molecule has 1 saturated heterocycles. The van der Waals surface area contributed by atoms with Crippen molar-refractivity contribution >= 4 is 56.3 Å². The molecule has 12 heteroatoms. The van der Waals surface area contributed by atoms with E-state index in [9.17, 15) is 9.59 Å². The van der Waals surface area contributed by atoms with Crippen LogP contribution in [-0.2, 0) is 11.2 Å². The van der Waals surface area contributed by atoms with E-state index in [-0.39, 0.29) is 23.9 Å². The fraction of sp³-hybridized carbons (Fsp3) is 0.217. The van der Waals surface area contributed by atoms with E-state index in [1.165, 1.54) is 6.07 Å². The Bertz CT molecular complexity index is 1540. The van der Waals surface area contributed by atoms with Crippen LogP contribution >= 0.6 is 11.3 Å². The van der Waals surface area contributed by atoms with Gasteiger partial charge in [0.25, 0.3) is 5.91 Å². The minimum atomic E-state index is -0.603. The van der Waals surface area contributed by atoms with Crippen molar-refractivity contribution in [3.8, 4) is 0 Å². The number of fused-ring (bicyclic) bond motifs is 2. The number of nitrogens with two attached hydrogens (primary N) is 1. The number of primary amides is 1. The van der Waals surface area contributed by atoms with E-state index in [1.807, 2.05) is 47.5 Å². The van der Waals surface area contributed by atoms with E-state index in [0.717, 1.165) is 33.6 Å². The minimum absolute atomic E-state index is 0.102. The molecule has 4 aromatic heterocycles. The van der Waals surface area contributed by atoms with Crippen LogP contribution in [0.1, 0.15) is 28.3 Å². The molecule has 6 rings (SSSR count). The normalized spacial score (nSPS) is 15.8. The fourth-order valence-electron chi connectivity index (χ4n) is 4.37. The quantitative estimate of drug-likeness (QED) is 0.317. The van der Waals surface area contributed by atoms with Crippen molar-refractivity contribution in [2.24, 2.45) is 5.73 Å². The summed E-state index contributed by atoms with van der Waals surface area (Å²) in [5.74, 6) is 0.851. The number of benzene rings is 1. The average Bonchev–Trinajstić information content (AvgIpc) is 3.64. The lowest BCUT2D eigenvalue weighted by atomic mass is 10.1. The van der Waals surface area contributed by atoms with Gasteiger partial charge in [0.1, 0.15) is 16.2 Å². The molecule has 1 aromatic carbocycles. The van der Waals surface area contributed by atoms with Gasteiger partial charge in [-0.3, -0.25) is 14.7 Å². The highest BCUT2D eigenvalue weighted by Crippen LogP contribution is 2.29. The molecule has 35 heavy (non-hydrogen) atoms. The molecule has 0 radical (unpaired) electrons. The SMILES string of the molecule is NC(=O)c1cc(Nc2nc(N3CCC[C@H]3C(=O)Cc3nc4ccccc4s3)nn3cccc23)n[nH]1. The lowest BCUT2D eigenvalue weighted by Gasteiger charge is -2.24. The number of ketones is 1. The lowest BCUT2D eigenvalue weighted by Crippen LogP contribution is -2.38. The number of hydrogen-bond donors (Lipinski definition) is 3. The third-order valence-corrected chi connectivity index (χ3v) is 7.05. The summed E-state index contributed by atoms with van der Waals surface area (Å²) in [6.45, 7) is 0.677. The first-order valence-corrected chi connectivity index (χ1v) is 12.0. The second-order valence-electron chi connectivity index (χ2n) is 8.32. The molecule has 1 aliphatic heterocycles. The topological polar surface area (TPSA) is 147 Å². The lowest BCUT2D eigenvalue weighted by molar-refractivity contribution is -0.119. The van der Waals surface area contributed by atoms with Gasteiger partial charge in [0.2, 0.25) is 5.95 Å². The Hall–Kier alpha value is -4.32. The molecule has 0 spiro atoms. The van der Waals surface area contributed by atoms with Crippen LogP contribution < -0.4 is 16.0 Å². The van der Waals surface area contributed by atoms with Crippen molar-refractivity contribution in [1.82, 2.24) is 29.8 Å². The van der Waals surface area contributed by atoms with Crippen LogP contribution in [0.4, 0.5) is 17.6 Å². The van der Waals surface area contributed by atoms with Crippen LogP contribution in [0.25, 0.3) is 15.7 Å². The first-order valence-electron chi connectivity index (χ1n) is 11.2. The van der Waals surface area contributed by atoms with E-state index in [1.54, 1.807) is 15.9 Å². The number of thiazole rings is 1. The van der Waals surface area contributed by atoms with Crippen LogP contribution in [0.3, 0.4) is 0 Å². The summed E-state index contributed by atoms with van der Waals surface area (Å²) in [4.78, 5) is 36.0. The Labute approximate surface area is 203 Å². The number of rotatable bonds is 7. The van der Waals surface area contributed by atoms with Crippen molar-refractivity contribution < 1.29 is 9.59 Å². The number of aromatic nitrogens is 6. The molecule has 1 aliphatic rings. The van der Waals surface area contributed by atoms with Crippen molar-refractivity contribution in [1.29, 1.82) is 0 Å². The van der Waals surface area contributed by atoms with Gasteiger partial charge in [0.15, 0.2) is 17.4 Å². The summed E-state index contributed by atoms with van der Waals surface area (Å²) >= 11 is 1.55. The summed E-state index contributed by atoms with van der Waals surface area (Å²) < 4.78 is 2.79. The summed E-state index contributed by atoms with van der Waals surface area (Å²) in [5, 5.41) is 15.3. The number of H-pyrrole nitrogens is 1. The number of carbonyl (C=O) groups is 2. The predicted molar refractivity (Wildman–Crippen MR) is 132 cm³/mol. The number of para-hydroxylation sites is 1. The molecular weight excluding hydrogens is 466 g/mol. The van der Waals surface area contributed by atoms with Crippen molar-refractivity contribution in [3.05, 3.63) is 59.4 Å². The van der Waals surface area contributed by atoms with Gasteiger partial charge in [-0.1, -0.05) is 12.1 Å². The Morgan fingerprint density at radius 1 is 1.20 bits per heavy atom. The maximum Gasteiger partial charge on any atom is 0.266 e. The summed E-state index contributed by atoms with van der Waals surface area (Å²) in [5.41, 5.74) is 7.15. The molecule has 0 unspecified atom stereocenters. The molecule has 0 saturated carbocycles. The largest absolute Gasteiger partial charge is 0.364 e. The molecule has 0 bridgehead atoms. The van der Waals surface area contributed by atoms with Gasteiger partial charge in [-0.25, -0.2) is 9.50 Å². The van der Waals surface area contributed by atoms with Gasteiger partial charge in [0, 0.05) is 18.8 Å². The Kier molecular flexibility index (Phi) is 5.14. The Morgan fingerprint density at radius 3 is 2.91 bits per heavy atom. The third-order valence-electron chi connectivity index (χ3n) is 6.01. The summed E-state index contributed by atoms with van der Waals surface area (Å²) in [6.07, 6.45) is 3.70. The number of nitrogens with zero attached hydrogens (tertiary/aromatic N) is 6. The van der Waals surface area contributed by atoms with E-state index >= 15 is 0 Å². The molecule has 5 heterocycles. The zero-order valence-corrected chi connectivity index (χ0v) is 19.3. The maximum absolute atomic E-state index is 13.3. The molecule has 1 fully saturated rings. The van der Waals surface area contributed by atoms with Crippen molar-refractivity contribution in [3.63, 3.8) is 0 Å². The zero-order chi connectivity index (χ0) is 23.9. The van der Waals surface area contributed by atoms with E-state index < -0.39 is 5.91 Å². The van der Waals surface area contributed by atoms with E-state index in [2.05, 4.69) is 25.6 Å². The maximum atomic E-state index is 13.3. The van der Waals surface area contributed by atoms with Gasteiger partial charge in [-0.2, -0.15) is 10.1 Å². The summed E-state index contributed by atoms with van der Waals surface area (Å²) in [7, 11) is 0. The van der Waals surface area contributed by atoms with Gasteiger partial charge in [-0.05, 0) is 37.1 Å². The van der Waals surface area contributed by atoms with E-state index in [4.69, 9.17) is 10.7 Å². The molecule has 176 valence electrons. The number of aromatic amines is 1. The van der Waals surface area contributed by atoms with Gasteiger partial charge in [0.05, 0.1) is 22.7 Å². The molecule has 1 amide bonds. The zero-order valence-electron chi connectivity index (χ0n) is 18.5. The molecule has 4 N–H and O–H groups in total. The van der Waals surface area contributed by atoms with Crippen LogP contribution in [0.2, 0.25) is 0 Å². The monoisotopic (exact) mass is 487 g/mol. The van der Waals surface area contributed by atoms with Crippen LogP contribution in [-0.4, -0.2) is 54.1 Å². The third kappa shape index (κ3) is 3.97. The fourth-order valence-corrected chi connectivity index (χ4v) is 5.35. The molecule has 5 aromatic rings. The molecule has 1 atom stereocenters. The number of hydrogen-bond acceptors (Lipinski definition) is 9. The highest BCUT2D eigenvalue weighted by atomic mass is 32.1. The van der Waals surface area contributed by atoms with Gasteiger partial charge in [-0.15, -0.1) is 16.4 Å². The number of Topliss-reactive ketones (excluding diaryl/α,β-unsaturated/α-hetero) is 1. The van der Waals surface area contributed by atoms with Gasteiger partial charge >= 0.3 is 0 Å². The Balaban J connectivity index is 1.28. The molecular formula is C23H21N9O2S. The standard InChI is InChI=1S/C23H21N9O2S/c24-21(34)14-11-19(29-28-14)26-22-16-7-4-10-32(16)30-23(27-22)31-9-3-6-15(31)17(33)12-20-25-13-5-1-2-8-18(13)35-20/h1-2,4-5,7-8,10-11,15H,3,6,9,12H2,(H2,24,34)(H2,26,27,28,29,30)/t15-/m0/s1. The highest BCUT2D eigenvalue weighted by molar-refractivity contribution is 7.18. The average molecular weight is 488 g/mol. The number of anilines is 3. The number of carbonyl (C=O) groups excluding carboxylic acids is 2. The van der Waals surface area contributed by atoms with E-state index in [0.29, 0.717) is 24.1 Å². The van der Waals surface area contributed by atoms with Crippen LogP contribution in [0.15, 0.2) is 48.7 Å². The second-order valence-corrected chi connectivity index (χ2v) is 9.44. The first kappa shape index (κ1) is 21.2. The van der Waals surface area contributed by atoms with Crippen molar-refractivity contribution in [2.45, 2.75) is 25.3 Å². The van der Waals surface area contributed by atoms with Crippen LogP contribution in [0.5, 0.6) is 0 Å². The number of amides is 1. The highest BCUT2D eigenvalue weighted by Gasteiger charge is 2.33. The minimum Gasteiger partial charge on any atom is -0.364 e. The van der Waals surface area contributed by atoms with Crippen molar-refractivity contribution in [2.75, 3.05) is 16.8 Å².